The number of aliphatic hydroxyl groups is 1. The molecule has 1 fully saturated rings. The summed E-state index contributed by atoms with van der Waals surface area (Å²) in [5.41, 5.74) is 2.03. The Bertz CT molecular complexity index is 1180. The van der Waals surface area contributed by atoms with Crippen LogP contribution in [0.2, 0.25) is 0 Å². The predicted molar refractivity (Wildman–Crippen MR) is 124 cm³/mol. The van der Waals surface area contributed by atoms with Gasteiger partial charge in [0.25, 0.3) is 11.7 Å². The molecule has 32 heavy (non-hydrogen) atoms. The van der Waals surface area contributed by atoms with Gasteiger partial charge in [-0.15, -0.1) is 0 Å². The van der Waals surface area contributed by atoms with Crippen LogP contribution >= 0.6 is 15.9 Å². The topological polar surface area (TPSA) is 79.7 Å². The first-order valence-electron chi connectivity index (χ1n) is 10.2. The van der Waals surface area contributed by atoms with Gasteiger partial charge in [-0.2, -0.15) is 0 Å². The number of rotatable bonds is 6. The number of amides is 1. The highest BCUT2D eigenvalue weighted by Gasteiger charge is 2.46. The van der Waals surface area contributed by atoms with Crippen molar-refractivity contribution in [2.75, 3.05) is 6.61 Å². The fourth-order valence-corrected chi connectivity index (χ4v) is 4.04. The van der Waals surface area contributed by atoms with Gasteiger partial charge in [0, 0.05) is 29.0 Å². The first-order valence-corrected chi connectivity index (χ1v) is 10.9. The lowest BCUT2D eigenvalue weighted by Crippen LogP contribution is -2.29. The first kappa shape index (κ1) is 21.8. The minimum atomic E-state index is -0.730. The van der Waals surface area contributed by atoms with Crippen molar-refractivity contribution in [3.63, 3.8) is 0 Å². The van der Waals surface area contributed by atoms with Gasteiger partial charge in [-0.3, -0.25) is 14.6 Å². The number of aromatic nitrogens is 1. The molecule has 0 spiro atoms. The number of likely N-dealkylation sites (tertiary alicyclic amines) is 1. The Hall–Kier alpha value is -3.45. The number of hydrogen-bond acceptors (Lipinski definition) is 5. The van der Waals surface area contributed by atoms with Crippen LogP contribution in [0.15, 0.2) is 83.1 Å². The van der Waals surface area contributed by atoms with Gasteiger partial charge in [-0.25, -0.2) is 0 Å². The molecule has 2 aromatic carbocycles. The molecule has 162 valence electrons. The van der Waals surface area contributed by atoms with Crippen LogP contribution in [0.5, 0.6) is 5.75 Å². The van der Waals surface area contributed by atoms with E-state index in [0.29, 0.717) is 17.9 Å². The second-order valence-electron chi connectivity index (χ2n) is 7.29. The van der Waals surface area contributed by atoms with E-state index in [4.69, 9.17) is 4.74 Å². The number of pyridine rings is 1. The summed E-state index contributed by atoms with van der Waals surface area (Å²) in [4.78, 5) is 31.7. The van der Waals surface area contributed by atoms with Gasteiger partial charge < -0.3 is 14.7 Å². The fourth-order valence-electron chi connectivity index (χ4n) is 3.77. The van der Waals surface area contributed by atoms with E-state index in [0.717, 1.165) is 15.6 Å². The number of ketones is 1. The standard InChI is InChI=1S/C25H21BrN2O4/c1-2-32-20-5-3-4-18(14-20)23(29)21-22(17-6-8-19(26)9-7-17)28(25(31)24(21)30)15-16-10-12-27-13-11-16/h3-14,22,29H,2,15H2,1H3/b23-21+. The highest BCUT2D eigenvalue weighted by atomic mass is 79.9. The normalized spacial score (nSPS) is 17.6. The maximum Gasteiger partial charge on any atom is 0.295 e. The van der Waals surface area contributed by atoms with Gasteiger partial charge in [-0.1, -0.05) is 40.2 Å². The third-order valence-corrected chi connectivity index (χ3v) is 5.78. The third kappa shape index (κ3) is 4.29. The number of halogens is 1. The quantitative estimate of drug-likeness (QED) is 0.301. The lowest BCUT2D eigenvalue weighted by atomic mass is 9.95. The highest BCUT2D eigenvalue weighted by Crippen LogP contribution is 2.40. The number of ether oxygens (including phenoxy) is 1. The van der Waals surface area contributed by atoms with Gasteiger partial charge in [-0.05, 0) is 54.4 Å². The van der Waals surface area contributed by atoms with E-state index in [2.05, 4.69) is 20.9 Å². The molecule has 0 saturated carbocycles. The van der Waals surface area contributed by atoms with Crippen molar-refractivity contribution in [3.8, 4) is 5.75 Å². The molecule has 4 rings (SSSR count). The first-order chi connectivity index (χ1) is 15.5. The molecule has 1 atom stereocenters. The van der Waals surface area contributed by atoms with Crippen LogP contribution in [0.4, 0.5) is 0 Å². The molecule has 2 heterocycles. The minimum Gasteiger partial charge on any atom is -0.507 e. The second kappa shape index (κ2) is 9.36. The molecule has 0 bridgehead atoms. The number of Topliss-reactive ketones (excluding diaryl/α,β-unsaturated/α-hetero) is 1. The number of nitrogens with zero attached hydrogens (tertiary/aromatic N) is 2. The van der Waals surface area contributed by atoms with Crippen molar-refractivity contribution in [1.29, 1.82) is 0 Å². The highest BCUT2D eigenvalue weighted by molar-refractivity contribution is 9.10. The Morgan fingerprint density at radius 1 is 1.09 bits per heavy atom. The zero-order valence-electron chi connectivity index (χ0n) is 17.4. The van der Waals surface area contributed by atoms with Gasteiger partial charge >= 0.3 is 0 Å². The number of benzene rings is 2. The van der Waals surface area contributed by atoms with E-state index in [-0.39, 0.29) is 17.9 Å². The average Bonchev–Trinajstić information content (AvgIpc) is 3.05. The molecule has 1 aromatic heterocycles. The Morgan fingerprint density at radius 2 is 1.81 bits per heavy atom. The fraction of sp³-hybridized carbons (Fsp3) is 0.160. The van der Waals surface area contributed by atoms with E-state index in [1.807, 2.05) is 31.2 Å². The van der Waals surface area contributed by atoms with Crippen LogP contribution in [0.1, 0.15) is 29.7 Å². The van der Waals surface area contributed by atoms with E-state index in [9.17, 15) is 14.7 Å². The summed E-state index contributed by atoms with van der Waals surface area (Å²) < 4.78 is 6.40. The predicted octanol–water partition coefficient (Wildman–Crippen LogP) is 4.86. The molecule has 6 nitrogen and oxygen atoms in total. The maximum atomic E-state index is 13.1. The van der Waals surface area contributed by atoms with Crippen LogP contribution in [0, 0.1) is 0 Å². The van der Waals surface area contributed by atoms with E-state index < -0.39 is 17.7 Å². The smallest absolute Gasteiger partial charge is 0.295 e. The van der Waals surface area contributed by atoms with Crippen molar-refractivity contribution >= 4 is 33.4 Å². The second-order valence-corrected chi connectivity index (χ2v) is 8.21. The lowest BCUT2D eigenvalue weighted by molar-refractivity contribution is -0.140. The number of hydrogen-bond donors (Lipinski definition) is 1. The molecule has 1 N–H and O–H groups in total. The van der Waals surface area contributed by atoms with Gasteiger partial charge in [0.05, 0.1) is 18.2 Å². The van der Waals surface area contributed by atoms with Crippen molar-refractivity contribution in [1.82, 2.24) is 9.88 Å². The molecular weight excluding hydrogens is 472 g/mol. The van der Waals surface area contributed by atoms with E-state index in [1.54, 1.807) is 48.8 Å². The van der Waals surface area contributed by atoms with Crippen LogP contribution in [-0.2, 0) is 16.1 Å². The van der Waals surface area contributed by atoms with Crippen LogP contribution < -0.4 is 4.74 Å². The molecular formula is C25H21BrN2O4. The molecule has 1 amide bonds. The maximum absolute atomic E-state index is 13.1. The van der Waals surface area contributed by atoms with Crippen molar-refractivity contribution < 1.29 is 19.4 Å². The Kier molecular flexibility index (Phi) is 6.37. The van der Waals surface area contributed by atoms with E-state index >= 15 is 0 Å². The zero-order valence-corrected chi connectivity index (χ0v) is 19.0. The number of carbonyl (C=O) groups excluding carboxylic acids is 2. The Labute approximate surface area is 194 Å². The largest absolute Gasteiger partial charge is 0.507 e. The molecule has 1 aliphatic rings. The summed E-state index contributed by atoms with van der Waals surface area (Å²) in [6, 6.07) is 17.1. The van der Waals surface area contributed by atoms with Crippen molar-refractivity contribution in [2.45, 2.75) is 19.5 Å². The van der Waals surface area contributed by atoms with Crippen molar-refractivity contribution in [2.24, 2.45) is 0 Å². The van der Waals surface area contributed by atoms with Crippen LogP contribution in [-0.4, -0.2) is 33.3 Å². The van der Waals surface area contributed by atoms with Crippen LogP contribution in [0.3, 0.4) is 0 Å². The summed E-state index contributed by atoms with van der Waals surface area (Å²) in [7, 11) is 0. The monoisotopic (exact) mass is 492 g/mol. The molecule has 1 aliphatic heterocycles. The number of carbonyl (C=O) groups is 2. The molecule has 0 radical (unpaired) electrons. The molecule has 1 saturated heterocycles. The Morgan fingerprint density at radius 3 is 2.50 bits per heavy atom. The van der Waals surface area contributed by atoms with E-state index in [1.165, 1.54) is 4.90 Å². The van der Waals surface area contributed by atoms with Crippen LogP contribution in [0.25, 0.3) is 5.76 Å². The summed E-state index contributed by atoms with van der Waals surface area (Å²) in [5.74, 6) is -1.03. The molecule has 3 aromatic rings. The summed E-state index contributed by atoms with van der Waals surface area (Å²) in [5, 5.41) is 11.2. The van der Waals surface area contributed by atoms with Gasteiger partial charge in [0.2, 0.25) is 0 Å². The Balaban J connectivity index is 1.84. The zero-order chi connectivity index (χ0) is 22.7. The molecule has 0 aliphatic carbocycles. The minimum absolute atomic E-state index is 0.0556. The number of aliphatic hydroxyl groups excluding tert-OH is 1. The van der Waals surface area contributed by atoms with Gasteiger partial charge in [0.15, 0.2) is 0 Å². The average molecular weight is 493 g/mol. The third-order valence-electron chi connectivity index (χ3n) is 5.25. The molecule has 7 heteroatoms. The SMILES string of the molecule is CCOc1cccc(/C(O)=C2\C(=O)C(=O)N(Cc3ccncc3)C2c2ccc(Br)cc2)c1. The lowest BCUT2D eigenvalue weighted by Gasteiger charge is -2.25. The summed E-state index contributed by atoms with van der Waals surface area (Å²) in [6.07, 6.45) is 3.28. The summed E-state index contributed by atoms with van der Waals surface area (Å²) in [6.45, 7) is 2.55. The summed E-state index contributed by atoms with van der Waals surface area (Å²) >= 11 is 3.42. The van der Waals surface area contributed by atoms with Gasteiger partial charge in [0.1, 0.15) is 11.5 Å². The van der Waals surface area contributed by atoms with Crippen molar-refractivity contribution in [3.05, 3.63) is 99.8 Å². The molecule has 1 unspecified atom stereocenters.